The quantitative estimate of drug-likeness (QED) is 0.0671. The molecule has 10 heteroatoms. The van der Waals surface area contributed by atoms with Gasteiger partial charge in [0.1, 0.15) is 0 Å². The lowest BCUT2D eigenvalue weighted by Crippen LogP contribution is -2.30. The highest BCUT2D eigenvalue weighted by atomic mass is 32.3. The molecule has 384 valence electrons. The van der Waals surface area contributed by atoms with Crippen molar-refractivity contribution in [2.75, 3.05) is 16.0 Å². The predicted octanol–water partition coefficient (Wildman–Crippen LogP) is 16.5. The Bertz CT molecular complexity index is 3430. The highest BCUT2D eigenvalue weighted by molar-refractivity contribution is 8.04. The summed E-state index contributed by atoms with van der Waals surface area (Å²) in [5, 5.41) is 12.4. The van der Waals surface area contributed by atoms with Gasteiger partial charge in [-0.1, -0.05) is 129 Å². The number of fused-ring (bicyclic) bond motifs is 1. The van der Waals surface area contributed by atoms with Crippen molar-refractivity contribution in [3.63, 3.8) is 0 Å². The van der Waals surface area contributed by atoms with Crippen molar-refractivity contribution in [2.24, 2.45) is 11.8 Å². The molecule has 0 amide bonds. The van der Waals surface area contributed by atoms with Gasteiger partial charge in [-0.15, -0.1) is 4.13 Å². The average Bonchev–Trinajstić information content (AvgIpc) is 3.32. The maximum atomic E-state index is 14.4. The Morgan fingerprint density at radius 1 is 0.405 bits per heavy atom. The third kappa shape index (κ3) is 11.8. The molecule has 8 aromatic carbocycles. The Balaban J connectivity index is 1.24. The van der Waals surface area contributed by atoms with E-state index in [0.717, 1.165) is 79.2 Å². The summed E-state index contributed by atoms with van der Waals surface area (Å²) in [6.07, 6.45) is 0.955. The number of hydrogen-bond donors (Lipinski definition) is 4. The molecule has 8 rings (SSSR count). The molecular formula is C64H72N4O4S2. The lowest BCUT2D eigenvalue weighted by Gasteiger charge is -2.24. The van der Waals surface area contributed by atoms with Gasteiger partial charge in [0.2, 0.25) is 0 Å². The highest BCUT2D eigenvalue weighted by Crippen LogP contribution is 2.42. The summed E-state index contributed by atoms with van der Waals surface area (Å²) in [5.41, 5.74) is 20.0. The first kappa shape index (κ1) is 53.6. The number of hydrogen-bond acceptors (Lipinski definition) is 7. The smallest absolute Gasteiger partial charge is 0.253 e. The Kier molecular flexibility index (Phi) is 15.7. The van der Waals surface area contributed by atoms with Crippen LogP contribution < -0.4 is 20.1 Å². The normalized spacial score (nSPS) is 12.5. The zero-order chi connectivity index (χ0) is 53.4. The number of aryl methyl sites for hydroxylation is 9. The molecule has 4 N–H and O–H groups in total. The van der Waals surface area contributed by atoms with Crippen LogP contribution in [0.15, 0.2) is 149 Å². The van der Waals surface area contributed by atoms with Crippen LogP contribution in [0.1, 0.15) is 118 Å². The lowest BCUT2D eigenvalue weighted by molar-refractivity contribution is 0.407. The molecule has 0 aliphatic rings. The van der Waals surface area contributed by atoms with Gasteiger partial charge in [0.15, 0.2) is 0 Å². The molecule has 1 unspecified atom stereocenters. The van der Waals surface area contributed by atoms with E-state index in [1.54, 1.807) is 18.2 Å². The minimum atomic E-state index is -4.62. The SMILES string of the molecule is Cc1cc(C)c(Nc2ccc(C(c3ccc(Nc4c(C)cc(C)cc4C)cc3)c3ccc(Nc4c(C)cc(C)cc4C)c4cc(S(=O)(=O)NS(=O)(=O)c5ccc(C(CC(C)C)C(C)C)cc5)ccc34)cc2)c(C)c1. The van der Waals surface area contributed by atoms with E-state index >= 15 is 0 Å². The number of nitrogens with one attached hydrogen (secondary N) is 4. The van der Waals surface area contributed by atoms with E-state index in [-0.39, 0.29) is 21.6 Å². The summed E-state index contributed by atoms with van der Waals surface area (Å²) in [7, 11) is -9.12. The lowest BCUT2D eigenvalue weighted by atomic mass is 9.82. The van der Waals surface area contributed by atoms with Crippen molar-refractivity contribution in [1.29, 1.82) is 0 Å². The topological polar surface area (TPSA) is 116 Å². The molecule has 0 spiro atoms. The first-order valence-corrected chi connectivity index (χ1v) is 28.6. The van der Waals surface area contributed by atoms with Crippen LogP contribution in [0.4, 0.5) is 34.1 Å². The van der Waals surface area contributed by atoms with Gasteiger partial charge in [-0.25, -0.2) is 16.8 Å². The van der Waals surface area contributed by atoms with E-state index in [1.165, 1.54) is 51.6 Å². The minimum absolute atomic E-state index is 0.119. The Morgan fingerprint density at radius 3 is 1.22 bits per heavy atom. The zero-order valence-electron chi connectivity index (χ0n) is 45.2. The van der Waals surface area contributed by atoms with Crippen LogP contribution in [0.25, 0.3) is 10.8 Å². The molecule has 74 heavy (non-hydrogen) atoms. The van der Waals surface area contributed by atoms with Crippen LogP contribution in [0, 0.1) is 74.1 Å². The number of anilines is 6. The van der Waals surface area contributed by atoms with Gasteiger partial charge < -0.3 is 16.0 Å². The van der Waals surface area contributed by atoms with Crippen LogP contribution in [-0.4, -0.2) is 16.8 Å². The molecule has 8 aromatic rings. The standard InChI is InChI=1S/C64H72N4O4S2/c1-38(2)30-58(39(3)4)49-18-24-54(25-19-49)73(69,70)68-74(71,72)55-26-27-56-57(28-29-60(59(56)37-55)67-64-47(12)35-42(7)36-48(64)13)61(50-14-20-52(21-15-50)65-62-43(8)31-40(5)32-44(62)9)51-16-22-53(23-17-51)66-63-45(10)33-41(6)34-46(63)11/h14-29,31-39,58,61,65-68H,30H2,1-13H3. The third-order valence-electron chi connectivity index (χ3n) is 14.3. The summed E-state index contributed by atoms with van der Waals surface area (Å²) >= 11 is 0. The van der Waals surface area contributed by atoms with Gasteiger partial charge >= 0.3 is 0 Å². The summed E-state index contributed by atoms with van der Waals surface area (Å²) in [6, 6.07) is 45.7. The van der Waals surface area contributed by atoms with Crippen LogP contribution in [0.5, 0.6) is 0 Å². The summed E-state index contributed by atoms with van der Waals surface area (Å²) in [5.74, 6) is 0.747. The second kappa shape index (κ2) is 21.6. The van der Waals surface area contributed by atoms with E-state index in [0.29, 0.717) is 22.9 Å². The molecule has 0 aromatic heterocycles. The fraction of sp³-hybridized carbons (Fsp3) is 0.281. The van der Waals surface area contributed by atoms with Gasteiger partial charge in [-0.2, -0.15) is 0 Å². The first-order valence-electron chi connectivity index (χ1n) is 25.7. The Hall–Kier alpha value is -6.72. The Morgan fingerprint density at radius 2 is 0.797 bits per heavy atom. The zero-order valence-corrected chi connectivity index (χ0v) is 46.9. The molecular weight excluding hydrogens is 953 g/mol. The molecule has 0 saturated carbocycles. The van der Waals surface area contributed by atoms with Crippen molar-refractivity contribution < 1.29 is 16.8 Å². The van der Waals surface area contributed by atoms with Gasteiger partial charge in [0.05, 0.1) is 9.79 Å². The van der Waals surface area contributed by atoms with E-state index < -0.39 is 20.0 Å². The second-order valence-electron chi connectivity index (χ2n) is 21.4. The molecule has 0 saturated heterocycles. The second-order valence-corrected chi connectivity index (χ2v) is 25.0. The van der Waals surface area contributed by atoms with Gasteiger partial charge in [-0.3, -0.25) is 0 Å². The highest BCUT2D eigenvalue weighted by Gasteiger charge is 2.28. The molecule has 0 heterocycles. The summed E-state index contributed by atoms with van der Waals surface area (Å²) in [6.45, 7) is 27.6. The van der Waals surface area contributed by atoms with E-state index in [4.69, 9.17) is 0 Å². The van der Waals surface area contributed by atoms with Crippen LogP contribution in [0.2, 0.25) is 0 Å². The molecule has 0 aliphatic heterocycles. The summed E-state index contributed by atoms with van der Waals surface area (Å²) in [4.78, 5) is -0.295. The van der Waals surface area contributed by atoms with Crippen molar-refractivity contribution in [3.8, 4) is 0 Å². The van der Waals surface area contributed by atoms with Gasteiger partial charge in [-0.05, 0) is 202 Å². The van der Waals surface area contributed by atoms with Crippen LogP contribution in [0.3, 0.4) is 0 Å². The van der Waals surface area contributed by atoms with E-state index in [9.17, 15) is 16.8 Å². The third-order valence-corrected chi connectivity index (χ3v) is 17.9. The average molecular weight is 1030 g/mol. The number of rotatable bonds is 17. The molecule has 0 radical (unpaired) electrons. The number of sulfonamides is 2. The molecule has 8 nitrogen and oxygen atoms in total. The van der Waals surface area contributed by atoms with E-state index in [2.05, 4.69) is 201 Å². The molecule has 0 aliphatic carbocycles. The number of benzene rings is 8. The molecule has 1 atom stereocenters. The maximum Gasteiger partial charge on any atom is 0.253 e. The van der Waals surface area contributed by atoms with Crippen molar-refractivity contribution in [2.45, 2.75) is 118 Å². The minimum Gasteiger partial charge on any atom is -0.355 e. The van der Waals surface area contributed by atoms with Crippen molar-refractivity contribution in [1.82, 2.24) is 4.13 Å². The predicted molar refractivity (Wildman–Crippen MR) is 311 cm³/mol. The van der Waals surface area contributed by atoms with Gasteiger partial charge in [0.25, 0.3) is 20.0 Å². The molecule has 0 bridgehead atoms. The maximum absolute atomic E-state index is 14.4. The largest absolute Gasteiger partial charge is 0.355 e. The van der Waals surface area contributed by atoms with Crippen molar-refractivity contribution >= 4 is 64.9 Å². The summed E-state index contributed by atoms with van der Waals surface area (Å²) < 4.78 is 58.9. The Labute approximate surface area is 441 Å². The van der Waals surface area contributed by atoms with Crippen LogP contribution in [-0.2, 0) is 20.0 Å². The fourth-order valence-corrected chi connectivity index (χ4v) is 13.9. The van der Waals surface area contributed by atoms with Crippen molar-refractivity contribution in [3.05, 3.63) is 212 Å². The van der Waals surface area contributed by atoms with E-state index in [1.807, 2.05) is 12.1 Å². The van der Waals surface area contributed by atoms with Gasteiger partial charge in [0, 0.05) is 45.4 Å². The molecule has 0 fully saturated rings. The van der Waals surface area contributed by atoms with Crippen LogP contribution >= 0.6 is 0 Å². The first-order chi connectivity index (χ1) is 35.0. The monoisotopic (exact) mass is 1020 g/mol. The fourth-order valence-electron chi connectivity index (χ4n) is 10.9.